The van der Waals surface area contributed by atoms with Crippen molar-refractivity contribution in [1.82, 2.24) is 9.47 Å². The number of rotatable bonds is 4. The Hall–Kier alpha value is -2.08. The van der Waals surface area contributed by atoms with E-state index in [9.17, 15) is 9.59 Å². The molecule has 2 aromatic heterocycles. The van der Waals surface area contributed by atoms with Crippen LogP contribution >= 0.6 is 11.3 Å². The molecule has 1 aliphatic rings. The van der Waals surface area contributed by atoms with Gasteiger partial charge in [0.1, 0.15) is 5.69 Å². The van der Waals surface area contributed by atoms with Gasteiger partial charge >= 0.3 is 0 Å². The van der Waals surface area contributed by atoms with Gasteiger partial charge < -0.3 is 15.2 Å². The van der Waals surface area contributed by atoms with Crippen molar-refractivity contribution in [3.63, 3.8) is 0 Å². The maximum absolute atomic E-state index is 12.6. The van der Waals surface area contributed by atoms with Gasteiger partial charge in [-0.05, 0) is 30.0 Å². The molecule has 5 nitrogen and oxygen atoms in total. The van der Waals surface area contributed by atoms with Gasteiger partial charge in [-0.1, -0.05) is 6.07 Å². The number of nitrogens with zero attached hydrogens (tertiary/aromatic N) is 2. The first kappa shape index (κ1) is 13.9. The number of thiophene rings is 1. The second-order valence-corrected chi connectivity index (χ2v) is 6.27. The smallest absolute Gasteiger partial charge is 0.270 e. The van der Waals surface area contributed by atoms with Gasteiger partial charge in [0.15, 0.2) is 0 Å². The Kier molecular flexibility index (Phi) is 3.79. The second-order valence-electron chi connectivity index (χ2n) is 5.24. The Balaban J connectivity index is 1.74. The summed E-state index contributed by atoms with van der Waals surface area (Å²) in [5, 5.41) is 2.03. The lowest BCUT2D eigenvalue weighted by Gasteiger charge is -2.17. The Labute approximate surface area is 127 Å². The second kappa shape index (κ2) is 5.73. The van der Waals surface area contributed by atoms with Crippen molar-refractivity contribution in [3.8, 4) is 0 Å². The van der Waals surface area contributed by atoms with E-state index in [4.69, 9.17) is 5.73 Å². The summed E-state index contributed by atoms with van der Waals surface area (Å²) < 4.78 is 1.95. The van der Waals surface area contributed by atoms with Gasteiger partial charge in [0, 0.05) is 24.2 Å². The van der Waals surface area contributed by atoms with Crippen molar-refractivity contribution in [2.24, 2.45) is 11.7 Å². The minimum atomic E-state index is -0.320. The highest BCUT2D eigenvalue weighted by Gasteiger charge is 2.31. The molecule has 1 fully saturated rings. The van der Waals surface area contributed by atoms with Gasteiger partial charge in [0.2, 0.25) is 5.91 Å². The van der Waals surface area contributed by atoms with Crippen LogP contribution in [0.25, 0.3) is 0 Å². The van der Waals surface area contributed by atoms with E-state index in [2.05, 4.69) is 6.07 Å². The molecule has 2 aromatic rings. The predicted octanol–water partition coefficient (Wildman–Crippen LogP) is 1.55. The number of likely N-dealkylation sites (tertiary alicyclic amines) is 1. The number of amides is 2. The van der Waals surface area contributed by atoms with Crippen molar-refractivity contribution in [1.29, 1.82) is 0 Å². The summed E-state index contributed by atoms with van der Waals surface area (Å²) in [6, 6.07) is 7.76. The van der Waals surface area contributed by atoms with E-state index >= 15 is 0 Å². The number of primary amides is 1. The maximum atomic E-state index is 12.6. The standard InChI is InChI=1S/C15H17N3O2S/c16-14(19)11-5-7-18(9-11)15(20)13-4-1-6-17(13)10-12-3-2-8-21-12/h1-4,6,8,11H,5,7,9-10H2,(H2,16,19). The highest BCUT2D eigenvalue weighted by atomic mass is 32.1. The molecule has 0 saturated carbocycles. The van der Waals surface area contributed by atoms with E-state index in [0.717, 1.165) is 0 Å². The summed E-state index contributed by atoms with van der Waals surface area (Å²) in [5.74, 6) is -0.561. The molecule has 1 saturated heterocycles. The molecule has 2 amide bonds. The van der Waals surface area contributed by atoms with Gasteiger partial charge in [-0.3, -0.25) is 9.59 Å². The molecule has 0 spiro atoms. The van der Waals surface area contributed by atoms with Crippen molar-refractivity contribution < 1.29 is 9.59 Å². The van der Waals surface area contributed by atoms with E-state index in [1.54, 1.807) is 16.2 Å². The SMILES string of the molecule is NC(=O)C1CCN(C(=O)c2cccn2Cc2cccs2)C1. The zero-order valence-electron chi connectivity index (χ0n) is 11.6. The Morgan fingerprint density at radius 3 is 2.86 bits per heavy atom. The summed E-state index contributed by atoms with van der Waals surface area (Å²) in [5.41, 5.74) is 5.98. The third-order valence-corrected chi connectivity index (χ3v) is 4.69. The molecule has 2 N–H and O–H groups in total. The minimum absolute atomic E-state index is 0.0275. The largest absolute Gasteiger partial charge is 0.369 e. The van der Waals surface area contributed by atoms with E-state index < -0.39 is 0 Å². The fourth-order valence-electron chi connectivity index (χ4n) is 2.66. The van der Waals surface area contributed by atoms with Gasteiger partial charge in [0.05, 0.1) is 12.5 Å². The van der Waals surface area contributed by atoms with E-state index in [1.807, 2.05) is 34.3 Å². The van der Waals surface area contributed by atoms with Crippen LogP contribution in [-0.2, 0) is 11.3 Å². The zero-order valence-corrected chi connectivity index (χ0v) is 12.4. The van der Waals surface area contributed by atoms with Crippen LogP contribution in [0.15, 0.2) is 35.8 Å². The molecule has 0 radical (unpaired) electrons. The Morgan fingerprint density at radius 2 is 2.19 bits per heavy atom. The number of hydrogen-bond donors (Lipinski definition) is 1. The Morgan fingerprint density at radius 1 is 1.33 bits per heavy atom. The highest BCUT2D eigenvalue weighted by Crippen LogP contribution is 2.20. The van der Waals surface area contributed by atoms with Crippen LogP contribution in [0.4, 0.5) is 0 Å². The normalized spacial score (nSPS) is 18.1. The third kappa shape index (κ3) is 2.85. The lowest BCUT2D eigenvalue weighted by molar-refractivity contribution is -0.121. The van der Waals surface area contributed by atoms with E-state index in [-0.39, 0.29) is 17.7 Å². The van der Waals surface area contributed by atoms with Crippen LogP contribution in [0.2, 0.25) is 0 Å². The molecule has 3 rings (SSSR count). The molecular weight excluding hydrogens is 286 g/mol. The van der Waals surface area contributed by atoms with Crippen LogP contribution in [0.1, 0.15) is 21.8 Å². The minimum Gasteiger partial charge on any atom is -0.369 e. The first-order valence-corrected chi connectivity index (χ1v) is 7.79. The van der Waals surface area contributed by atoms with Gasteiger partial charge in [-0.25, -0.2) is 0 Å². The molecule has 3 heterocycles. The average molecular weight is 303 g/mol. The van der Waals surface area contributed by atoms with E-state index in [1.165, 1.54) is 4.88 Å². The lowest BCUT2D eigenvalue weighted by Crippen LogP contribution is -2.32. The molecule has 0 aliphatic carbocycles. The van der Waals surface area contributed by atoms with Gasteiger partial charge in [0.25, 0.3) is 5.91 Å². The maximum Gasteiger partial charge on any atom is 0.270 e. The quantitative estimate of drug-likeness (QED) is 0.931. The fraction of sp³-hybridized carbons (Fsp3) is 0.333. The zero-order chi connectivity index (χ0) is 14.8. The number of carbonyl (C=O) groups is 2. The number of nitrogens with two attached hydrogens (primary N) is 1. The molecular formula is C15H17N3O2S. The molecule has 1 unspecified atom stereocenters. The van der Waals surface area contributed by atoms with Crippen LogP contribution in [0.5, 0.6) is 0 Å². The molecule has 21 heavy (non-hydrogen) atoms. The van der Waals surface area contributed by atoms with Crippen molar-refractivity contribution in [3.05, 3.63) is 46.4 Å². The van der Waals surface area contributed by atoms with Gasteiger partial charge in [-0.15, -0.1) is 11.3 Å². The van der Waals surface area contributed by atoms with Crippen molar-refractivity contribution in [2.75, 3.05) is 13.1 Å². The van der Waals surface area contributed by atoms with E-state index in [0.29, 0.717) is 31.7 Å². The van der Waals surface area contributed by atoms with Crippen LogP contribution < -0.4 is 5.73 Å². The summed E-state index contributed by atoms with van der Waals surface area (Å²) in [6.07, 6.45) is 2.57. The Bertz CT molecular complexity index is 648. The van der Waals surface area contributed by atoms with Crippen LogP contribution in [0.3, 0.4) is 0 Å². The van der Waals surface area contributed by atoms with Crippen molar-refractivity contribution in [2.45, 2.75) is 13.0 Å². The molecule has 1 aliphatic heterocycles. The topological polar surface area (TPSA) is 68.3 Å². The third-order valence-electron chi connectivity index (χ3n) is 3.83. The molecule has 6 heteroatoms. The molecule has 1 atom stereocenters. The van der Waals surface area contributed by atoms with Gasteiger partial charge in [-0.2, -0.15) is 0 Å². The first-order valence-electron chi connectivity index (χ1n) is 6.91. The number of aromatic nitrogens is 1. The summed E-state index contributed by atoms with van der Waals surface area (Å²) in [6.45, 7) is 1.72. The fourth-order valence-corrected chi connectivity index (χ4v) is 3.36. The van der Waals surface area contributed by atoms with Crippen LogP contribution in [-0.4, -0.2) is 34.4 Å². The number of hydrogen-bond acceptors (Lipinski definition) is 3. The summed E-state index contributed by atoms with van der Waals surface area (Å²) in [7, 11) is 0. The summed E-state index contributed by atoms with van der Waals surface area (Å²) in [4.78, 5) is 26.7. The van der Waals surface area contributed by atoms with Crippen LogP contribution in [0, 0.1) is 5.92 Å². The predicted molar refractivity (Wildman–Crippen MR) is 81.1 cm³/mol. The molecule has 0 bridgehead atoms. The monoisotopic (exact) mass is 303 g/mol. The highest BCUT2D eigenvalue weighted by molar-refractivity contribution is 7.09. The lowest BCUT2D eigenvalue weighted by atomic mass is 10.1. The summed E-state index contributed by atoms with van der Waals surface area (Å²) >= 11 is 1.67. The number of carbonyl (C=O) groups excluding carboxylic acids is 2. The molecule has 110 valence electrons. The van der Waals surface area contributed by atoms with Crippen molar-refractivity contribution >= 4 is 23.2 Å². The first-order chi connectivity index (χ1) is 10.1. The average Bonchev–Trinajstić information content (AvgIpc) is 3.20. The molecule has 0 aromatic carbocycles.